The lowest BCUT2D eigenvalue weighted by molar-refractivity contribution is 0.100. The maximum Gasteiger partial charge on any atom is 0.280 e. The molecule has 2 aromatic carbocycles. The molecule has 0 fully saturated rings. The van der Waals surface area contributed by atoms with Gasteiger partial charge in [0.1, 0.15) is 5.75 Å². The first-order valence-corrected chi connectivity index (χ1v) is 10.4. The topological polar surface area (TPSA) is 128 Å². The summed E-state index contributed by atoms with van der Waals surface area (Å²) in [4.78, 5) is 17.7. The molecule has 4 N–H and O–H groups in total. The maximum absolute atomic E-state index is 12.4. The number of hydrogen-bond acceptors (Lipinski definition) is 5. The molecule has 0 atom stereocenters. The van der Waals surface area contributed by atoms with Gasteiger partial charge in [0.2, 0.25) is 0 Å². The second-order valence-corrected chi connectivity index (χ2v) is 8.19. The van der Waals surface area contributed by atoms with Crippen LogP contribution in [0.25, 0.3) is 0 Å². The van der Waals surface area contributed by atoms with E-state index in [2.05, 4.69) is 4.99 Å². The molecule has 0 saturated carbocycles. The average molecular weight is 404 g/mol. The van der Waals surface area contributed by atoms with Gasteiger partial charge < -0.3 is 21.1 Å². The number of aryl methyl sites for hydroxylation is 1. The lowest BCUT2D eigenvalue weighted by atomic mass is 10.0. The zero-order chi connectivity index (χ0) is 21.1. The third-order valence-electron chi connectivity index (χ3n) is 4.25. The number of nitrogens with two attached hydrogens (primary N) is 2. The second-order valence-electron chi connectivity index (χ2n) is 6.20. The van der Waals surface area contributed by atoms with E-state index in [0.29, 0.717) is 23.4 Å². The first kappa shape index (κ1) is 21.2. The molecule has 0 aliphatic rings. The van der Waals surface area contributed by atoms with Crippen LogP contribution in [0.3, 0.4) is 0 Å². The van der Waals surface area contributed by atoms with Crippen molar-refractivity contribution in [1.29, 1.82) is 0 Å². The molecule has 0 aromatic heterocycles. The van der Waals surface area contributed by atoms with Crippen LogP contribution in [0.2, 0.25) is 0 Å². The molecule has 0 heterocycles. The highest BCUT2D eigenvalue weighted by atomic mass is 32.2. The van der Waals surface area contributed by atoms with Crippen molar-refractivity contribution in [1.82, 2.24) is 0 Å². The number of methoxy groups -OCH3 is 1. The van der Waals surface area contributed by atoms with Gasteiger partial charge in [0.15, 0.2) is 15.8 Å². The van der Waals surface area contributed by atoms with Crippen molar-refractivity contribution >= 4 is 33.1 Å². The third kappa shape index (κ3) is 4.61. The molecule has 1 amide bonds. The highest BCUT2D eigenvalue weighted by Gasteiger charge is 2.23. The Morgan fingerprint density at radius 2 is 1.79 bits per heavy atom. The largest absolute Gasteiger partial charge is 0.497 e. The minimum atomic E-state index is -3.64. The number of carbonyl (C=O) groups is 1. The van der Waals surface area contributed by atoms with Crippen molar-refractivity contribution < 1.29 is 17.9 Å². The Hall–Kier alpha value is -3.07. The van der Waals surface area contributed by atoms with E-state index in [4.69, 9.17) is 16.2 Å². The molecule has 2 rings (SSSR count). The van der Waals surface area contributed by atoms with Crippen LogP contribution in [0.1, 0.15) is 22.8 Å². The highest BCUT2D eigenvalue weighted by molar-refractivity contribution is 7.90. The molecule has 0 spiro atoms. The van der Waals surface area contributed by atoms with E-state index in [1.807, 2.05) is 19.1 Å². The predicted octanol–water partition coefficient (Wildman–Crippen LogP) is 1.84. The number of sulfone groups is 1. The molecule has 28 heavy (non-hydrogen) atoms. The van der Waals surface area contributed by atoms with Gasteiger partial charge in [0.05, 0.1) is 17.7 Å². The Labute approximate surface area is 164 Å². The van der Waals surface area contributed by atoms with Crippen molar-refractivity contribution in [3.05, 3.63) is 47.5 Å². The van der Waals surface area contributed by atoms with Gasteiger partial charge in [-0.3, -0.25) is 4.79 Å². The smallest absolute Gasteiger partial charge is 0.280 e. The van der Waals surface area contributed by atoms with Crippen molar-refractivity contribution in [2.45, 2.75) is 18.2 Å². The van der Waals surface area contributed by atoms with E-state index < -0.39 is 15.7 Å². The molecule has 150 valence electrons. The quantitative estimate of drug-likeness (QED) is 0.555. The molecule has 0 aliphatic carbocycles. The molecular weight excluding hydrogens is 380 g/mol. The standard InChI is InChI=1S/C19H24N4O4S/c1-5-12-10-16(23(2)13-6-8-14(27-3)9-7-13)17(28(4,25)26)11-15(12)18(24)22-19(20)21/h6-11H,5H2,1-4H3,(H4,20,21,22,24). The summed E-state index contributed by atoms with van der Waals surface area (Å²) in [5.41, 5.74) is 12.6. The van der Waals surface area contributed by atoms with Gasteiger partial charge in [-0.25, -0.2) is 8.42 Å². The van der Waals surface area contributed by atoms with Crippen LogP contribution in [0, 0.1) is 0 Å². The Morgan fingerprint density at radius 1 is 1.18 bits per heavy atom. The predicted molar refractivity (Wildman–Crippen MR) is 110 cm³/mol. The number of nitrogens with zero attached hydrogens (tertiary/aromatic N) is 2. The van der Waals surface area contributed by atoms with Crippen LogP contribution in [-0.2, 0) is 16.3 Å². The van der Waals surface area contributed by atoms with Crippen LogP contribution < -0.4 is 21.1 Å². The normalized spacial score (nSPS) is 11.0. The molecule has 0 aliphatic heterocycles. The number of aliphatic imine (C=N–C) groups is 1. The fourth-order valence-corrected chi connectivity index (χ4v) is 3.69. The number of hydrogen-bond donors (Lipinski definition) is 2. The van der Waals surface area contributed by atoms with Gasteiger partial charge in [-0.05, 0) is 48.4 Å². The van der Waals surface area contributed by atoms with Gasteiger partial charge >= 0.3 is 0 Å². The molecule has 0 radical (unpaired) electrons. The van der Waals surface area contributed by atoms with Crippen LogP contribution in [0.5, 0.6) is 5.75 Å². The molecule has 0 unspecified atom stereocenters. The number of guanidine groups is 1. The first-order chi connectivity index (χ1) is 13.1. The third-order valence-corrected chi connectivity index (χ3v) is 5.37. The second kappa shape index (κ2) is 8.30. The number of anilines is 2. The van der Waals surface area contributed by atoms with Crippen molar-refractivity contribution in [3.8, 4) is 5.75 Å². The molecule has 0 bridgehead atoms. The molecule has 8 nitrogen and oxygen atoms in total. The Bertz CT molecular complexity index is 1010. The van der Waals surface area contributed by atoms with Crippen LogP contribution in [0.4, 0.5) is 11.4 Å². The summed E-state index contributed by atoms with van der Waals surface area (Å²) in [5, 5.41) is 0. The van der Waals surface area contributed by atoms with Crippen molar-refractivity contribution in [3.63, 3.8) is 0 Å². The number of ether oxygens (including phenoxy) is 1. The average Bonchev–Trinajstić information content (AvgIpc) is 2.65. The fourth-order valence-electron chi connectivity index (χ4n) is 2.78. The van der Waals surface area contributed by atoms with E-state index in [0.717, 1.165) is 11.9 Å². The summed E-state index contributed by atoms with van der Waals surface area (Å²) in [6, 6.07) is 10.2. The number of carbonyl (C=O) groups excluding carboxylic acids is 1. The van der Waals surface area contributed by atoms with Crippen molar-refractivity contribution in [2.24, 2.45) is 16.5 Å². The van der Waals surface area contributed by atoms with Crippen molar-refractivity contribution in [2.75, 3.05) is 25.3 Å². The molecule has 0 saturated heterocycles. The van der Waals surface area contributed by atoms with E-state index >= 15 is 0 Å². The minimum absolute atomic E-state index is 0.0113. The SMILES string of the molecule is CCc1cc(N(C)c2ccc(OC)cc2)c(S(C)(=O)=O)cc1C(=O)N=C(N)N. The summed E-state index contributed by atoms with van der Waals surface area (Å²) in [5.74, 6) is -0.374. The zero-order valence-corrected chi connectivity index (χ0v) is 17.1. The Morgan fingerprint density at radius 3 is 2.25 bits per heavy atom. The van der Waals surface area contributed by atoms with Gasteiger partial charge in [-0.1, -0.05) is 6.92 Å². The zero-order valence-electron chi connectivity index (χ0n) is 16.3. The first-order valence-electron chi connectivity index (χ1n) is 8.47. The summed E-state index contributed by atoms with van der Waals surface area (Å²) in [6.45, 7) is 1.86. The van der Waals surface area contributed by atoms with E-state index in [1.165, 1.54) is 6.07 Å². The summed E-state index contributed by atoms with van der Waals surface area (Å²) in [6.07, 6.45) is 1.59. The summed E-state index contributed by atoms with van der Waals surface area (Å²) < 4.78 is 30.0. The number of amides is 1. The van der Waals surface area contributed by atoms with Gasteiger partial charge in [-0.15, -0.1) is 0 Å². The maximum atomic E-state index is 12.4. The van der Waals surface area contributed by atoms with E-state index in [1.54, 1.807) is 37.3 Å². The number of rotatable bonds is 6. The Kier molecular flexibility index (Phi) is 6.30. The Balaban J connectivity index is 2.68. The summed E-state index contributed by atoms with van der Waals surface area (Å²) in [7, 11) is -0.316. The minimum Gasteiger partial charge on any atom is -0.497 e. The lowest BCUT2D eigenvalue weighted by Gasteiger charge is -2.24. The summed E-state index contributed by atoms with van der Waals surface area (Å²) >= 11 is 0. The highest BCUT2D eigenvalue weighted by Crippen LogP contribution is 2.34. The van der Waals surface area contributed by atoms with E-state index in [-0.39, 0.29) is 16.4 Å². The van der Waals surface area contributed by atoms with Gasteiger partial charge in [-0.2, -0.15) is 4.99 Å². The van der Waals surface area contributed by atoms with Gasteiger partial charge in [0.25, 0.3) is 5.91 Å². The van der Waals surface area contributed by atoms with Gasteiger partial charge in [0, 0.05) is 24.6 Å². The lowest BCUT2D eigenvalue weighted by Crippen LogP contribution is -2.24. The molecular formula is C19H24N4O4S. The molecule has 9 heteroatoms. The van der Waals surface area contributed by atoms with Crippen LogP contribution >= 0.6 is 0 Å². The fraction of sp³-hybridized carbons (Fsp3) is 0.263. The monoisotopic (exact) mass is 404 g/mol. The van der Waals surface area contributed by atoms with Crippen LogP contribution in [-0.4, -0.2) is 40.7 Å². The number of benzene rings is 2. The van der Waals surface area contributed by atoms with E-state index in [9.17, 15) is 13.2 Å². The molecule has 2 aromatic rings. The van der Waals surface area contributed by atoms with Crippen LogP contribution in [0.15, 0.2) is 46.3 Å².